The van der Waals surface area contributed by atoms with E-state index in [-0.39, 0.29) is 0 Å². The van der Waals surface area contributed by atoms with Crippen LogP contribution in [-0.2, 0) is 6.54 Å². The van der Waals surface area contributed by atoms with Crippen LogP contribution < -0.4 is 15.5 Å². The van der Waals surface area contributed by atoms with Crippen molar-refractivity contribution in [3.63, 3.8) is 0 Å². The lowest BCUT2D eigenvalue weighted by Crippen LogP contribution is -2.49. The van der Waals surface area contributed by atoms with Crippen molar-refractivity contribution in [1.82, 2.24) is 15.5 Å². The van der Waals surface area contributed by atoms with E-state index in [4.69, 9.17) is 0 Å². The van der Waals surface area contributed by atoms with Gasteiger partial charge < -0.3 is 20.4 Å². The fraction of sp³-hybridized carbons (Fsp3) is 0.667. The first-order valence-electron chi connectivity index (χ1n) is 10.3. The van der Waals surface area contributed by atoms with Gasteiger partial charge in [-0.1, -0.05) is 12.1 Å². The monoisotopic (exact) mass is 389 g/mol. The molecule has 2 N–H and O–H groups in total. The third kappa shape index (κ3) is 6.04. The van der Waals surface area contributed by atoms with Crippen molar-refractivity contribution in [3.8, 4) is 0 Å². The largest absolute Gasteiger partial charge is 0.370 e. The molecule has 5 nitrogen and oxygen atoms in total. The molecule has 0 bridgehead atoms. The Morgan fingerprint density at radius 1 is 1.11 bits per heavy atom. The number of guanidine groups is 1. The van der Waals surface area contributed by atoms with Crippen LogP contribution >= 0.6 is 11.8 Å². The average molecular weight is 390 g/mol. The van der Waals surface area contributed by atoms with Crippen molar-refractivity contribution >= 4 is 23.4 Å². The highest BCUT2D eigenvalue weighted by molar-refractivity contribution is 7.99. The topological polar surface area (TPSA) is 42.9 Å². The molecule has 150 valence electrons. The van der Waals surface area contributed by atoms with Gasteiger partial charge in [-0.3, -0.25) is 4.99 Å². The molecule has 3 rings (SSSR count). The molecule has 2 heterocycles. The molecule has 1 aromatic rings. The number of benzene rings is 1. The van der Waals surface area contributed by atoms with Gasteiger partial charge in [-0.05, 0) is 44.4 Å². The highest BCUT2D eigenvalue weighted by Gasteiger charge is 2.21. The second kappa shape index (κ2) is 10.2. The van der Waals surface area contributed by atoms with Gasteiger partial charge in [-0.25, -0.2) is 0 Å². The molecule has 6 heteroatoms. The Hall–Kier alpha value is -1.40. The summed E-state index contributed by atoms with van der Waals surface area (Å²) >= 11 is 2.05. The van der Waals surface area contributed by atoms with Crippen LogP contribution in [-0.4, -0.2) is 67.7 Å². The highest BCUT2D eigenvalue weighted by atomic mass is 32.2. The van der Waals surface area contributed by atoms with Crippen LogP contribution in [0, 0.1) is 0 Å². The van der Waals surface area contributed by atoms with Gasteiger partial charge in [0.15, 0.2) is 5.96 Å². The minimum absolute atomic E-state index is 0.519. The van der Waals surface area contributed by atoms with E-state index in [1.165, 1.54) is 48.7 Å². The Morgan fingerprint density at radius 2 is 1.78 bits per heavy atom. The second-order valence-electron chi connectivity index (χ2n) is 7.74. The Kier molecular flexibility index (Phi) is 7.70. The Bertz CT molecular complexity index is 587. The lowest BCUT2D eigenvalue weighted by molar-refractivity contribution is 0.167. The first-order valence-corrected chi connectivity index (χ1v) is 11.4. The molecular formula is C21H35N5S. The van der Waals surface area contributed by atoms with Crippen molar-refractivity contribution in [2.24, 2.45) is 4.99 Å². The molecule has 27 heavy (non-hydrogen) atoms. The molecule has 2 fully saturated rings. The maximum Gasteiger partial charge on any atom is 0.191 e. The van der Waals surface area contributed by atoms with Gasteiger partial charge in [-0.15, -0.1) is 0 Å². The van der Waals surface area contributed by atoms with Crippen LogP contribution in [0.4, 0.5) is 5.69 Å². The van der Waals surface area contributed by atoms with Crippen molar-refractivity contribution in [3.05, 3.63) is 29.8 Å². The van der Waals surface area contributed by atoms with Crippen molar-refractivity contribution in [1.29, 1.82) is 0 Å². The maximum atomic E-state index is 4.41. The van der Waals surface area contributed by atoms with Crippen molar-refractivity contribution < 1.29 is 0 Å². The molecule has 2 saturated heterocycles. The highest BCUT2D eigenvalue weighted by Crippen LogP contribution is 2.20. The van der Waals surface area contributed by atoms with E-state index in [0.29, 0.717) is 12.1 Å². The normalized spacial score (nSPS) is 20.1. The maximum absolute atomic E-state index is 4.41. The number of aliphatic imine (C=N–C) groups is 1. The zero-order chi connectivity index (χ0) is 19.1. The zero-order valence-electron chi connectivity index (χ0n) is 17.1. The van der Waals surface area contributed by atoms with Crippen molar-refractivity contribution in [2.45, 2.75) is 45.3 Å². The number of nitrogens with one attached hydrogen (secondary N) is 2. The van der Waals surface area contributed by atoms with E-state index >= 15 is 0 Å². The molecule has 0 atom stereocenters. The van der Waals surface area contributed by atoms with Gasteiger partial charge in [0.2, 0.25) is 0 Å². The van der Waals surface area contributed by atoms with Crippen LogP contribution in [0.3, 0.4) is 0 Å². The molecule has 0 spiro atoms. The Balaban J connectivity index is 1.44. The van der Waals surface area contributed by atoms with Crippen molar-refractivity contribution in [2.75, 3.05) is 49.6 Å². The molecule has 2 aliphatic rings. The van der Waals surface area contributed by atoms with E-state index < -0.39 is 0 Å². The summed E-state index contributed by atoms with van der Waals surface area (Å²) in [5, 5.41) is 7.07. The fourth-order valence-corrected chi connectivity index (χ4v) is 4.68. The van der Waals surface area contributed by atoms with Crippen LogP contribution in [0.15, 0.2) is 29.3 Å². The summed E-state index contributed by atoms with van der Waals surface area (Å²) in [6.07, 6.45) is 2.36. The van der Waals surface area contributed by atoms with Gasteiger partial charge >= 0.3 is 0 Å². The minimum Gasteiger partial charge on any atom is -0.370 e. The second-order valence-corrected chi connectivity index (χ2v) is 8.96. The van der Waals surface area contributed by atoms with Gasteiger partial charge in [0.1, 0.15) is 0 Å². The fourth-order valence-electron chi connectivity index (χ4n) is 3.78. The number of piperidine rings is 1. The minimum atomic E-state index is 0.519. The Labute approximate surface area is 169 Å². The molecule has 0 unspecified atom stereocenters. The molecular weight excluding hydrogens is 354 g/mol. The van der Waals surface area contributed by atoms with E-state index in [1.54, 1.807) is 0 Å². The van der Waals surface area contributed by atoms with E-state index in [2.05, 4.69) is 75.3 Å². The summed E-state index contributed by atoms with van der Waals surface area (Å²) in [7, 11) is 1.86. The quantitative estimate of drug-likeness (QED) is 0.599. The number of nitrogens with zero attached hydrogens (tertiary/aromatic N) is 3. The smallest absolute Gasteiger partial charge is 0.191 e. The average Bonchev–Trinajstić information content (AvgIpc) is 2.72. The van der Waals surface area contributed by atoms with Crippen LogP contribution in [0.2, 0.25) is 0 Å². The van der Waals surface area contributed by atoms with E-state index in [1.807, 2.05) is 7.05 Å². The van der Waals surface area contributed by atoms with Crippen LogP contribution in [0.25, 0.3) is 0 Å². The lowest BCUT2D eigenvalue weighted by Gasteiger charge is -2.35. The molecule has 0 amide bonds. The Morgan fingerprint density at radius 3 is 2.37 bits per heavy atom. The number of hydrogen-bond donors (Lipinski definition) is 2. The standard InChI is InChI=1S/C21H35N5S/c1-17(2)25-10-8-19(9-11-25)24-21(22-3)23-16-18-4-6-20(7-5-18)26-12-14-27-15-13-26/h4-7,17,19H,8-16H2,1-3H3,(H2,22,23,24). The van der Waals surface area contributed by atoms with E-state index in [9.17, 15) is 0 Å². The zero-order valence-corrected chi connectivity index (χ0v) is 17.9. The summed E-state index contributed by atoms with van der Waals surface area (Å²) in [5.74, 6) is 3.39. The van der Waals surface area contributed by atoms with Gasteiger partial charge in [-0.2, -0.15) is 11.8 Å². The first kappa shape index (κ1) is 20.3. The summed E-state index contributed by atoms with van der Waals surface area (Å²) in [6.45, 7) is 10.0. The summed E-state index contributed by atoms with van der Waals surface area (Å²) in [5.41, 5.74) is 2.64. The molecule has 0 aromatic heterocycles. The van der Waals surface area contributed by atoms with Crippen LogP contribution in [0.5, 0.6) is 0 Å². The number of anilines is 1. The predicted molar refractivity (Wildman–Crippen MR) is 119 cm³/mol. The van der Waals surface area contributed by atoms with Gasteiger partial charge in [0, 0.05) is 69.0 Å². The molecule has 2 aliphatic heterocycles. The van der Waals surface area contributed by atoms with E-state index in [0.717, 1.165) is 25.6 Å². The SMILES string of the molecule is CN=C(NCc1ccc(N2CCSCC2)cc1)NC1CCN(C(C)C)CC1. The molecule has 1 aromatic carbocycles. The number of likely N-dealkylation sites (tertiary alicyclic amines) is 1. The van der Waals surface area contributed by atoms with Gasteiger partial charge in [0.25, 0.3) is 0 Å². The summed E-state index contributed by atoms with van der Waals surface area (Å²) in [4.78, 5) is 9.45. The van der Waals surface area contributed by atoms with Gasteiger partial charge in [0.05, 0.1) is 0 Å². The molecule has 0 aliphatic carbocycles. The number of hydrogen-bond acceptors (Lipinski definition) is 4. The molecule has 0 radical (unpaired) electrons. The first-order chi connectivity index (χ1) is 13.2. The number of thioether (sulfide) groups is 1. The lowest BCUT2D eigenvalue weighted by atomic mass is 10.0. The summed E-state index contributed by atoms with van der Waals surface area (Å²) < 4.78 is 0. The third-order valence-electron chi connectivity index (χ3n) is 5.60. The third-order valence-corrected chi connectivity index (χ3v) is 6.54. The van der Waals surface area contributed by atoms with Crippen LogP contribution in [0.1, 0.15) is 32.3 Å². The predicted octanol–water partition coefficient (Wildman–Crippen LogP) is 2.78. The molecule has 0 saturated carbocycles. The summed E-state index contributed by atoms with van der Waals surface area (Å²) in [6, 6.07) is 10.1. The number of rotatable bonds is 5.